The molecule has 0 radical (unpaired) electrons. The van der Waals surface area contributed by atoms with Gasteiger partial charge in [-0.25, -0.2) is 0 Å². The molecule has 0 bridgehead atoms. The normalized spacial score (nSPS) is 35.8. The smallest absolute Gasteiger partial charge is 0.0833 e. The van der Waals surface area contributed by atoms with Crippen molar-refractivity contribution in [2.24, 2.45) is 29.1 Å². The van der Waals surface area contributed by atoms with Crippen molar-refractivity contribution in [1.82, 2.24) is 0 Å². The SMILES string of the molecule is CC1=C(/C=C/C2=CCC[C@@]3(C)[C@H]2CC[C@@H]3[C@](C)(O)/C=C/[C@H](C)C(C)C)C[C@@H](O)CC1. The standard InChI is InChI=1S/C28H44O2/c1-19(2)20(3)15-17-28(6,30)26-14-13-25-22(8-7-16-27(25,26)5)10-11-23-18-24(29)12-9-21(23)4/h8,10-11,15,17,19-20,24-26,29-30H,7,9,12-14,16,18H2,1-6H3/b11-10+,17-15+/t20-,24-,25-,26-,27-,28+/m0/s1. The average Bonchev–Trinajstić information content (AvgIpc) is 3.05. The lowest BCUT2D eigenvalue weighted by molar-refractivity contribution is -0.0198. The summed E-state index contributed by atoms with van der Waals surface area (Å²) in [6, 6.07) is 0. The van der Waals surface area contributed by atoms with Crippen LogP contribution in [0, 0.1) is 29.1 Å². The molecule has 2 N–H and O–H groups in total. The quantitative estimate of drug-likeness (QED) is 0.473. The zero-order chi connectivity index (χ0) is 22.1. The van der Waals surface area contributed by atoms with Crippen LogP contribution >= 0.6 is 0 Å². The molecule has 0 unspecified atom stereocenters. The summed E-state index contributed by atoms with van der Waals surface area (Å²) >= 11 is 0. The van der Waals surface area contributed by atoms with Crippen molar-refractivity contribution >= 4 is 0 Å². The lowest BCUT2D eigenvalue weighted by Crippen LogP contribution is -2.43. The van der Waals surface area contributed by atoms with E-state index >= 15 is 0 Å². The molecular weight excluding hydrogens is 368 g/mol. The van der Waals surface area contributed by atoms with E-state index in [-0.39, 0.29) is 11.5 Å². The van der Waals surface area contributed by atoms with Gasteiger partial charge in [-0.15, -0.1) is 0 Å². The Morgan fingerprint density at radius 3 is 2.60 bits per heavy atom. The summed E-state index contributed by atoms with van der Waals surface area (Å²) in [5, 5.41) is 21.5. The van der Waals surface area contributed by atoms with Gasteiger partial charge in [0.2, 0.25) is 0 Å². The van der Waals surface area contributed by atoms with Crippen LogP contribution in [0.4, 0.5) is 0 Å². The minimum Gasteiger partial charge on any atom is -0.393 e. The predicted octanol–water partition coefficient (Wildman–Crippen LogP) is 6.76. The molecule has 3 aliphatic carbocycles. The zero-order valence-electron chi connectivity index (χ0n) is 20.1. The number of hydrogen-bond donors (Lipinski definition) is 2. The maximum Gasteiger partial charge on any atom is 0.0833 e. The molecule has 0 aromatic heterocycles. The van der Waals surface area contributed by atoms with E-state index in [1.807, 2.05) is 6.92 Å². The molecule has 3 aliphatic rings. The first-order chi connectivity index (χ1) is 14.0. The van der Waals surface area contributed by atoms with Gasteiger partial charge in [0, 0.05) is 0 Å². The third kappa shape index (κ3) is 4.86. The van der Waals surface area contributed by atoms with E-state index in [4.69, 9.17) is 0 Å². The lowest BCUT2D eigenvalue weighted by atomic mass is 9.61. The van der Waals surface area contributed by atoms with E-state index in [9.17, 15) is 10.2 Å². The summed E-state index contributed by atoms with van der Waals surface area (Å²) in [6.07, 6.45) is 18.3. The van der Waals surface area contributed by atoms with Gasteiger partial charge in [0.1, 0.15) is 0 Å². The van der Waals surface area contributed by atoms with Crippen molar-refractivity contribution in [1.29, 1.82) is 0 Å². The lowest BCUT2D eigenvalue weighted by Gasteiger charge is -2.45. The highest BCUT2D eigenvalue weighted by atomic mass is 16.3. The van der Waals surface area contributed by atoms with Gasteiger partial charge in [-0.2, -0.15) is 0 Å². The van der Waals surface area contributed by atoms with E-state index in [0.29, 0.717) is 23.7 Å². The Bertz CT molecular complexity index is 736. The molecule has 2 heteroatoms. The maximum atomic E-state index is 11.5. The van der Waals surface area contributed by atoms with E-state index < -0.39 is 5.60 Å². The second-order valence-electron chi connectivity index (χ2n) is 11.2. The van der Waals surface area contributed by atoms with Crippen molar-refractivity contribution < 1.29 is 10.2 Å². The number of rotatable bonds is 6. The van der Waals surface area contributed by atoms with Crippen LogP contribution in [0.3, 0.4) is 0 Å². The van der Waals surface area contributed by atoms with Gasteiger partial charge in [0.25, 0.3) is 0 Å². The number of aliphatic hydroxyl groups is 2. The Labute approximate surface area is 184 Å². The molecule has 30 heavy (non-hydrogen) atoms. The molecule has 0 amide bonds. The highest BCUT2D eigenvalue weighted by Crippen LogP contribution is 2.59. The van der Waals surface area contributed by atoms with Gasteiger partial charge in [0.05, 0.1) is 11.7 Å². The van der Waals surface area contributed by atoms with Crippen LogP contribution in [0.2, 0.25) is 0 Å². The summed E-state index contributed by atoms with van der Waals surface area (Å²) in [5.41, 5.74) is 3.56. The van der Waals surface area contributed by atoms with Crippen LogP contribution < -0.4 is 0 Å². The first-order valence-electron chi connectivity index (χ1n) is 12.2. The molecule has 1 fully saturated rings. The van der Waals surface area contributed by atoms with Gasteiger partial charge in [-0.05, 0) is 99.0 Å². The van der Waals surface area contributed by atoms with E-state index in [2.05, 4.69) is 65.0 Å². The van der Waals surface area contributed by atoms with E-state index in [1.165, 1.54) is 16.7 Å². The van der Waals surface area contributed by atoms with Gasteiger partial charge in [-0.1, -0.05) is 63.6 Å². The molecule has 2 nitrogen and oxygen atoms in total. The van der Waals surface area contributed by atoms with Crippen molar-refractivity contribution in [3.63, 3.8) is 0 Å². The Morgan fingerprint density at radius 1 is 1.17 bits per heavy atom. The fourth-order valence-electron chi connectivity index (χ4n) is 6.13. The third-order valence-corrected chi connectivity index (χ3v) is 8.63. The molecule has 168 valence electrons. The van der Waals surface area contributed by atoms with Crippen LogP contribution in [0.25, 0.3) is 0 Å². The van der Waals surface area contributed by atoms with Crippen LogP contribution in [-0.2, 0) is 0 Å². The largest absolute Gasteiger partial charge is 0.393 e. The van der Waals surface area contributed by atoms with Crippen LogP contribution in [-0.4, -0.2) is 21.9 Å². The molecule has 0 aromatic carbocycles. The highest BCUT2D eigenvalue weighted by molar-refractivity contribution is 5.36. The Balaban J connectivity index is 1.78. The molecule has 0 heterocycles. The molecule has 6 atom stereocenters. The van der Waals surface area contributed by atoms with Crippen molar-refractivity contribution in [3.05, 3.63) is 47.1 Å². The number of allylic oxidation sites excluding steroid dienone is 6. The Kier molecular flexibility index (Phi) is 7.19. The summed E-state index contributed by atoms with van der Waals surface area (Å²) < 4.78 is 0. The summed E-state index contributed by atoms with van der Waals surface area (Å²) in [6.45, 7) is 13.4. The van der Waals surface area contributed by atoms with Crippen LogP contribution in [0.5, 0.6) is 0 Å². The summed E-state index contributed by atoms with van der Waals surface area (Å²) in [5.74, 6) is 1.88. The van der Waals surface area contributed by atoms with Gasteiger partial charge in [-0.3, -0.25) is 0 Å². The van der Waals surface area contributed by atoms with E-state index in [1.54, 1.807) is 0 Å². The van der Waals surface area contributed by atoms with E-state index in [0.717, 1.165) is 44.9 Å². The van der Waals surface area contributed by atoms with Crippen molar-refractivity contribution in [2.45, 2.75) is 98.2 Å². The first kappa shape index (κ1) is 23.5. The Hall–Kier alpha value is -1.12. The van der Waals surface area contributed by atoms with Gasteiger partial charge < -0.3 is 10.2 Å². The highest BCUT2D eigenvalue weighted by Gasteiger charge is 2.53. The second-order valence-corrected chi connectivity index (χ2v) is 11.2. The van der Waals surface area contributed by atoms with Crippen molar-refractivity contribution in [3.8, 4) is 0 Å². The summed E-state index contributed by atoms with van der Waals surface area (Å²) in [4.78, 5) is 0. The van der Waals surface area contributed by atoms with Crippen LogP contribution in [0.15, 0.2) is 47.1 Å². The molecule has 0 spiro atoms. The summed E-state index contributed by atoms with van der Waals surface area (Å²) in [7, 11) is 0. The second kappa shape index (κ2) is 9.17. The predicted molar refractivity (Wildman–Crippen MR) is 127 cm³/mol. The molecule has 0 saturated heterocycles. The van der Waals surface area contributed by atoms with Gasteiger partial charge in [0.15, 0.2) is 0 Å². The molecule has 0 aliphatic heterocycles. The maximum absolute atomic E-state index is 11.5. The number of aliphatic hydroxyl groups excluding tert-OH is 1. The molecular formula is C28H44O2. The Morgan fingerprint density at radius 2 is 1.90 bits per heavy atom. The van der Waals surface area contributed by atoms with Gasteiger partial charge >= 0.3 is 0 Å². The monoisotopic (exact) mass is 412 g/mol. The molecule has 3 rings (SSSR count). The minimum absolute atomic E-state index is 0.138. The zero-order valence-corrected chi connectivity index (χ0v) is 20.1. The average molecular weight is 413 g/mol. The molecule has 1 saturated carbocycles. The number of hydrogen-bond acceptors (Lipinski definition) is 2. The number of fused-ring (bicyclic) bond motifs is 1. The fraction of sp³-hybridized carbons (Fsp3) is 0.714. The van der Waals surface area contributed by atoms with Crippen LogP contribution in [0.1, 0.15) is 86.5 Å². The first-order valence-corrected chi connectivity index (χ1v) is 12.2. The third-order valence-electron chi connectivity index (χ3n) is 8.63. The van der Waals surface area contributed by atoms with Crippen molar-refractivity contribution in [2.75, 3.05) is 0 Å². The topological polar surface area (TPSA) is 40.5 Å². The minimum atomic E-state index is -0.759. The molecule has 0 aromatic rings. The fourth-order valence-corrected chi connectivity index (χ4v) is 6.13.